The molecule has 16 heavy (non-hydrogen) atoms. The summed E-state index contributed by atoms with van der Waals surface area (Å²) in [4.78, 5) is 11.6. The summed E-state index contributed by atoms with van der Waals surface area (Å²) >= 11 is 0. The van der Waals surface area contributed by atoms with Crippen LogP contribution in [0.3, 0.4) is 0 Å². The molecule has 1 saturated heterocycles. The zero-order chi connectivity index (χ0) is 12.3. The van der Waals surface area contributed by atoms with E-state index in [1.54, 1.807) is 0 Å². The molecule has 0 radical (unpaired) electrons. The van der Waals surface area contributed by atoms with Crippen molar-refractivity contribution in [1.29, 1.82) is 0 Å². The largest absolute Gasteiger partial charge is 0.466 e. The van der Waals surface area contributed by atoms with Crippen molar-refractivity contribution in [2.75, 3.05) is 6.61 Å². The van der Waals surface area contributed by atoms with Crippen LogP contribution in [0.15, 0.2) is 0 Å². The minimum atomic E-state index is -0.0486. The Hall–Kier alpha value is -0.570. The van der Waals surface area contributed by atoms with Gasteiger partial charge in [-0.3, -0.25) is 4.79 Å². The fourth-order valence-corrected chi connectivity index (χ4v) is 2.72. The molecule has 0 amide bonds. The second-order valence-corrected chi connectivity index (χ2v) is 5.14. The first-order chi connectivity index (χ1) is 7.47. The number of nitrogens with one attached hydrogen (secondary N) is 1. The molecule has 0 aromatic heterocycles. The van der Waals surface area contributed by atoms with Gasteiger partial charge < -0.3 is 10.1 Å². The SMILES string of the molecule is CCOC(=O)CC1C(C)C(C)NC(C)C1C. The van der Waals surface area contributed by atoms with Crippen LogP contribution in [-0.2, 0) is 9.53 Å². The molecule has 1 N–H and O–H groups in total. The smallest absolute Gasteiger partial charge is 0.306 e. The maximum atomic E-state index is 11.6. The van der Waals surface area contributed by atoms with E-state index < -0.39 is 0 Å². The zero-order valence-electron chi connectivity index (χ0n) is 11.1. The zero-order valence-corrected chi connectivity index (χ0v) is 11.1. The van der Waals surface area contributed by atoms with Gasteiger partial charge in [0, 0.05) is 18.5 Å². The molecule has 1 aliphatic heterocycles. The average molecular weight is 227 g/mol. The number of hydrogen-bond acceptors (Lipinski definition) is 3. The van der Waals surface area contributed by atoms with E-state index in [-0.39, 0.29) is 5.97 Å². The molecule has 3 nitrogen and oxygen atoms in total. The summed E-state index contributed by atoms with van der Waals surface area (Å²) in [5.41, 5.74) is 0. The van der Waals surface area contributed by atoms with Crippen LogP contribution in [0.25, 0.3) is 0 Å². The lowest BCUT2D eigenvalue weighted by Gasteiger charge is -2.43. The molecular weight excluding hydrogens is 202 g/mol. The summed E-state index contributed by atoms with van der Waals surface area (Å²) in [6.45, 7) is 11.2. The Bertz CT molecular complexity index is 228. The summed E-state index contributed by atoms with van der Waals surface area (Å²) < 4.78 is 5.05. The maximum Gasteiger partial charge on any atom is 0.306 e. The quantitative estimate of drug-likeness (QED) is 0.751. The highest BCUT2D eigenvalue weighted by molar-refractivity contribution is 5.69. The highest BCUT2D eigenvalue weighted by Gasteiger charge is 2.37. The van der Waals surface area contributed by atoms with Crippen LogP contribution in [0.1, 0.15) is 41.0 Å². The number of ether oxygens (including phenoxy) is 1. The van der Waals surface area contributed by atoms with Crippen LogP contribution >= 0.6 is 0 Å². The predicted octanol–water partition coefficient (Wildman–Crippen LogP) is 2.21. The maximum absolute atomic E-state index is 11.6. The van der Waals surface area contributed by atoms with Crippen LogP contribution in [0.5, 0.6) is 0 Å². The second kappa shape index (κ2) is 5.67. The molecule has 4 atom stereocenters. The Morgan fingerprint density at radius 1 is 1.12 bits per heavy atom. The number of carbonyl (C=O) groups is 1. The van der Waals surface area contributed by atoms with Gasteiger partial charge in [-0.05, 0) is 38.5 Å². The third kappa shape index (κ3) is 2.97. The van der Waals surface area contributed by atoms with E-state index in [4.69, 9.17) is 4.74 Å². The van der Waals surface area contributed by atoms with E-state index in [1.807, 2.05) is 6.92 Å². The number of piperidine rings is 1. The van der Waals surface area contributed by atoms with Crippen molar-refractivity contribution in [3.63, 3.8) is 0 Å². The van der Waals surface area contributed by atoms with E-state index in [2.05, 4.69) is 33.0 Å². The van der Waals surface area contributed by atoms with Crippen molar-refractivity contribution < 1.29 is 9.53 Å². The van der Waals surface area contributed by atoms with E-state index in [0.29, 0.717) is 42.9 Å². The van der Waals surface area contributed by atoms with Crippen LogP contribution in [-0.4, -0.2) is 24.7 Å². The third-order valence-corrected chi connectivity index (χ3v) is 4.16. The Morgan fingerprint density at radius 3 is 2.06 bits per heavy atom. The Kier molecular flexibility index (Phi) is 4.78. The molecule has 0 aromatic rings. The second-order valence-electron chi connectivity index (χ2n) is 5.14. The lowest BCUT2D eigenvalue weighted by atomic mass is 9.71. The monoisotopic (exact) mass is 227 g/mol. The van der Waals surface area contributed by atoms with Crippen molar-refractivity contribution in [3.05, 3.63) is 0 Å². The number of hydrogen-bond donors (Lipinski definition) is 1. The van der Waals surface area contributed by atoms with Gasteiger partial charge in [-0.2, -0.15) is 0 Å². The highest BCUT2D eigenvalue weighted by atomic mass is 16.5. The van der Waals surface area contributed by atoms with Crippen LogP contribution in [0, 0.1) is 17.8 Å². The summed E-state index contributed by atoms with van der Waals surface area (Å²) in [6.07, 6.45) is 0.562. The number of carbonyl (C=O) groups excluding carboxylic acids is 1. The molecule has 1 heterocycles. The van der Waals surface area contributed by atoms with Gasteiger partial charge in [0.05, 0.1) is 6.61 Å². The van der Waals surface area contributed by atoms with Crippen LogP contribution < -0.4 is 5.32 Å². The third-order valence-electron chi connectivity index (χ3n) is 4.16. The molecule has 0 aliphatic carbocycles. The van der Waals surface area contributed by atoms with Gasteiger partial charge in [0.25, 0.3) is 0 Å². The molecule has 94 valence electrons. The molecule has 1 rings (SSSR count). The minimum absolute atomic E-state index is 0.0486. The van der Waals surface area contributed by atoms with Crippen molar-refractivity contribution in [2.45, 2.75) is 53.1 Å². The molecule has 4 unspecified atom stereocenters. The first kappa shape index (κ1) is 13.5. The van der Waals surface area contributed by atoms with Gasteiger partial charge in [-0.1, -0.05) is 13.8 Å². The predicted molar refractivity (Wildman–Crippen MR) is 65.1 cm³/mol. The van der Waals surface area contributed by atoms with Crippen LogP contribution in [0.2, 0.25) is 0 Å². The fraction of sp³-hybridized carbons (Fsp3) is 0.923. The summed E-state index contributed by atoms with van der Waals surface area (Å²) in [6, 6.07) is 0.955. The van der Waals surface area contributed by atoms with Crippen molar-refractivity contribution in [1.82, 2.24) is 5.32 Å². The highest BCUT2D eigenvalue weighted by Crippen LogP contribution is 2.33. The summed E-state index contributed by atoms with van der Waals surface area (Å²) in [7, 11) is 0. The molecule has 0 spiro atoms. The van der Waals surface area contributed by atoms with Crippen LogP contribution in [0.4, 0.5) is 0 Å². The number of rotatable bonds is 3. The van der Waals surface area contributed by atoms with Gasteiger partial charge >= 0.3 is 5.97 Å². The fourth-order valence-electron chi connectivity index (χ4n) is 2.72. The van der Waals surface area contributed by atoms with Crippen molar-refractivity contribution >= 4 is 5.97 Å². The number of esters is 1. The molecular formula is C13H25NO2. The summed E-state index contributed by atoms with van der Waals surface area (Å²) in [5.74, 6) is 1.43. The molecule has 1 fully saturated rings. The Labute approximate surface area is 98.9 Å². The van der Waals surface area contributed by atoms with Gasteiger partial charge in [0.2, 0.25) is 0 Å². The van der Waals surface area contributed by atoms with E-state index >= 15 is 0 Å². The Balaban J connectivity index is 2.63. The van der Waals surface area contributed by atoms with E-state index in [9.17, 15) is 4.79 Å². The van der Waals surface area contributed by atoms with Gasteiger partial charge in [-0.15, -0.1) is 0 Å². The average Bonchev–Trinajstić information content (AvgIpc) is 2.22. The first-order valence-electron chi connectivity index (χ1n) is 6.39. The molecule has 3 heteroatoms. The van der Waals surface area contributed by atoms with Gasteiger partial charge in [0.15, 0.2) is 0 Å². The molecule has 0 bridgehead atoms. The van der Waals surface area contributed by atoms with E-state index in [1.165, 1.54) is 0 Å². The summed E-state index contributed by atoms with van der Waals surface area (Å²) in [5, 5.41) is 3.56. The standard InChI is InChI=1S/C13H25NO2/c1-6-16-13(15)7-12-8(2)10(4)14-11(5)9(12)3/h8-12,14H,6-7H2,1-5H3. The van der Waals surface area contributed by atoms with Crippen molar-refractivity contribution in [3.8, 4) is 0 Å². The van der Waals surface area contributed by atoms with E-state index in [0.717, 1.165) is 0 Å². The normalized spacial score (nSPS) is 39.4. The topological polar surface area (TPSA) is 38.3 Å². The molecule has 0 saturated carbocycles. The van der Waals surface area contributed by atoms with Gasteiger partial charge in [-0.25, -0.2) is 0 Å². The minimum Gasteiger partial charge on any atom is -0.466 e. The van der Waals surface area contributed by atoms with Crippen molar-refractivity contribution in [2.24, 2.45) is 17.8 Å². The Morgan fingerprint density at radius 2 is 1.62 bits per heavy atom. The molecule has 0 aromatic carbocycles. The molecule has 1 aliphatic rings. The lowest BCUT2D eigenvalue weighted by molar-refractivity contribution is -0.145. The lowest BCUT2D eigenvalue weighted by Crippen LogP contribution is -2.53. The first-order valence-corrected chi connectivity index (χ1v) is 6.39. The van der Waals surface area contributed by atoms with Gasteiger partial charge in [0.1, 0.15) is 0 Å².